The lowest BCUT2D eigenvalue weighted by atomic mass is 9.82. The number of halogens is 1. The zero-order valence-electron chi connectivity index (χ0n) is 12.4. The molecule has 0 amide bonds. The first kappa shape index (κ1) is 14.4. The van der Waals surface area contributed by atoms with Crippen LogP contribution < -0.4 is 10.1 Å². The molecule has 2 aliphatic rings. The Labute approximate surface area is 130 Å². The number of ether oxygens (including phenoxy) is 1. The van der Waals surface area contributed by atoms with E-state index in [9.17, 15) is 0 Å². The van der Waals surface area contributed by atoms with Crippen LogP contribution in [0.15, 0.2) is 22.7 Å². The zero-order valence-corrected chi connectivity index (χ0v) is 14.0. The normalized spacial score (nSPS) is 28.9. The van der Waals surface area contributed by atoms with Crippen molar-refractivity contribution in [3.8, 4) is 5.75 Å². The van der Waals surface area contributed by atoms with Crippen LogP contribution in [0.5, 0.6) is 5.75 Å². The van der Waals surface area contributed by atoms with E-state index in [-0.39, 0.29) is 5.60 Å². The molecule has 1 fully saturated rings. The number of nitrogens with one attached hydrogen (secondary N) is 1. The number of hydrogen-bond donors (Lipinski definition) is 1. The SMILES string of the molecule is CCCNC1CC(CC)(C2CC2)Oc2ccc(Br)cc21. The van der Waals surface area contributed by atoms with Crippen LogP contribution in [0.4, 0.5) is 0 Å². The van der Waals surface area contributed by atoms with Crippen molar-refractivity contribution in [1.29, 1.82) is 0 Å². The summed E-state index contributed by atoms with van der Waals surface area (Å²) in [6.07, 6.45) is 6.05. The van der Waals surface area contributed by atoms with Gasteiger partial charge in [0.15, 0.2) is 0 Å². The summed E-state index contributed by atoms with van der Waals surface area (Å²) in [4.78, 5) is 0. The van der Waals surface area contributed by atoms with E-state index in [1.807, 2.05) is 0 Å². The summed E-state index contributed by atoms with van der Waals surface area (Å²) < 4.78 is 7.63. The summed E-state index contributed by atoms with van der Waals surface area (Å²) in [5.41, 5.74) is 1.38. The molecule has 1 aliphatic heterocycles. The predicted octanol–water partition coefficient (Wildman–Crippen LogP) is 4.83. The maximum absolute atomic E-state index is 6.50. The Bertz CT molecular complexity index is 486. The van der Waals surface area contributed by atoms with E-state index < -0.39 is 0 Å². The van der Waals surface area contributed by atoms with E-state index in [4.69, 9.17) is 4.74 Å². The van der Waals surface area contributed by atoms with Crippen molar-refractivity contribution in [2.45, 2.75) is 57.6 Å². The molecule has 1 heterocycles. The molecule has 2 unspecified atom stereocenters. The topological polar surface area (TPSA) is 21.3 Å². The lowest BCUT2D eigenvalue weighted by Gasteiger charge is -2.43. The third kappa shape index (κ3) is 2.62. The minimum absolute atomic E-state index is 0.0617. The minimum Gasteiger partial charge on any atom is -0.487 e. The average Bonchev–Trinajstić information content (AvgIpc) is 3.29. The van der Waals surface area contributed by atoms with Gasteiger partial charge in [-0.3, -0.25) is 0 Å². The van der Waals surface area contributed by atoms with Crippen LogP contribution in [-0.2, 0) is 0 Å². The molecule has 0 saturated heterocycles. The molecular weight excluding hydrogens is 314 g/mol. The molecule has 0 aromatic heterocycles. The number of benzene rings is 1. The molecular formula is C17H24BrNO. The summed E-state index contributed by atoms with van der Waals surface area (Å²) in [6, 6.07) is 6.87. The first-order valence-corrected chi connectivity index (χ1v) is 8.69. The standard InChI is InChI=1S/C17H24BrNO/c1-3-9-19-15-11-17(4-2,12-5-6-12)20-16-8-7-13(18)10-14(15)16/h7-8,10,12,15,19H,3-6,9,11H2,1-2H3. The average molecular weight is 338 g/mol. The van der Waals surface area contributed by atoms with Crippen molar-refractivity contribution >= 4 is 15.9 Å². The van der Waals surface area contributed by atoms with E-state index in [2.05, 4.69) is 53.3 Å². The van der Waals surface area contributed by atoms with Crippen LogP contribution >= 0.6 is 15.9 Å². The summed E-state index contributed by atoms with van der Waals surface area (Å²) in [6.45, 7) is 5.57. The van der Waals surface area contributed by atoms with Crippen LogP contribution in [0.2, 0.25) is 0 Å². The van der Waals surface area contributed by atoms with Crippen LogP contribution in [0.1, 0.15) is 57.6 Å². The van der Waals surface area contributed by atoms with Crippen LogP contribution in [-0.4, -0.2) is 12.1 Å². The number of fused-ring (bicyclic) bond motifs is 1. The minimum atomic E-state index is 0.0617. The largest absolute Gasteiger partial charge is 0.487 e. The second-order valence-electron chi connectivity index (χ2n) is 6.19. The molecule has 1 aromatic rings. The highest BCUT2D eigenvalue weighted by atomic mass is 79.9. The van der Waals surface area contributed by atoms with Gasteiger partial charge in [-0.25, -0.2) is 0 Å². The van der Waals surface area contributed by atoms with E-state index in [1.54, 1.807) is 0 Å². The molecule has 3 heteroatoms. The van der Waals surface area contributed by atoms with Crippen molar-refractivity contribution in [2.24, 2.45) is 5.92 Å². The molecule has 110 valence electrons. The first-order valence-electron chi connectivity index (χ1n) is 7.90. The molecule has 0 radical (unpaired) electrons. The predicted molar refractivity (Wildman–Crippen MR) is 86.2 cm³/mol. The van der Waals surface area contributed by atoms with Crippen molar-refractivity contribution in [3.63, 3.8) is 0 Å². The summed E-state index contributed by atoms with van der Waals surface area (Å²) in [5.74, 6) is 1.84. The van der Waals surface area contributed by atoms with E-state index >= 15 is 0 Å². The Hall–Kier alpha value is -0.540. The lowest BCUT2D eigenvalue weighted by Crippen LogP contribution is -2.45. The molecule has 1 aromatic carbocycles. The molecule has 1 N–H and O–H groups in total. The molecule has 2 nitrogen and oxygen atoms in total. The van der Waals surface area contributed by atoms with Crippen molar-refractivity contribution in [3.05, 3.63) is 28.2 Å². The maximum atomic E-state index is 6.50. The van der Waals surface area contributed by atoms with Crippen molar-refractivity contribution < 1.29 is 4.74 Å². The smallest absolute Gasteiger partial charge is 0.125 e. The summed E-state index contributed by atoms with van der Waals surface area (Å²) >= 11 is 3.59. The molecule has 1 aliphatic carbocycles. The van der Waals surface area contributed by atoms with Gasteiger partial charge >= 0.3 is 0 Å². The van der Waals surface area contributed by atoms with Gasteiger partial charge in [-0.05, 0) is 56.3 Å². The zero-order chi connectivity index (χ0) is 14.2. The Kier molecular flexibility index (Phi) is 4.09. The van der Waals surface area contributed by atoms with E-state index in [1.165, 1.54) is 24.8 Å². The first-order chi connectivity index (χ1) is 9.68. The number of rotatable bonds is 5. The van der Waals surface area contributed by atoms with Crippen LogP contribution in [0.25, 0.3) is 0 Å². The molecule has 20 heavy (non-hydrogen) atoms. The van der Waals surface area contributed by atoms with Gasteiger partial charge in [0, 0.05) is 22.5 Å². The lowest BCUT2D eigenvalue weighted by molar-refractivity contribution is 0.00571. The third-order valence-electron chi connectivity index (χ3n) is 4.77. The fourth-order valence-electron chi connectivity index (χ4n) is 3.47. The van der Waals surface area contributed by atoms with Crippen LogP contribution in [0.3, 0.4) is 0 Å². The van der Waals surface area contributed by atoms with E-state index in [0.717, 1.165) is 35.5 Å². The Morgan fingerprint density at radius 1 is 1.35 bits per heavy atom. The van der Waals surface area contributed by atoms with Gasteiger partial charge < -0.3 is 10.1 Å². The highest BCUT2D eigenvalue weighted by molar-refractivity contribution is 9.10. The molecule has 3 rings (SSSR count). The highest BCUT2D eigenvalue weighted by Gasteiger charge is 2.50. The second-order valence-corrected chi connectivity index (χ2v) is 7.10. The molecule has 1 saturated carbocycles. The van der Waals surface area contributed by atoms with Crippen molar-refractivity contribution in [2.75, 3.05) is 6.54 Å². The quantitative estimate of drug-likeness (QED) is 0.830. The second kappa shape index (κ2) is 5.69. The van der Waals surface area contributed by atoms with Gasteiger partial charge in [-0.15, -0.1) is 0 Å². The molecule has 2 atom stereocenters. The van der Waals surface area contributed by atoms with Gasteiger partial charge in [0.1, 0.15) is 11.4 Å². The van der Waals surface area contributed by atoms with Gasteiger partial charge in [0.2, 0.25) is 0 Å². The van der Waals surface area contributed by atoms with Gasteiger partial charge in [0.05, 0.1) is 0 Å². The summed E-state index contributed by atoms with van der Waals surface area (Å²) in [7, 11) is 0. The van der Waals surface area contributed by atoms with Gasteiger partial charge in [-0.1, -0.05) is 29.8 Å². The van der Waals surface area contributed by atoms with Crippen LogP contribution in [0, 0.1) is 5.92 Å². The highest BCUT2D eigenvalue weighted by Crippen LogP contribution is 2.52. The van der Waals surface area contributed by atoms with Crippen molar-refractivity contribution in [1.82, 2.24) is 5.32 Å². The fourth-order valence-corrected chi connectivity index (χ4v) is 3.84. The molecule has 0 spiro atoms. The fraction of sp³-hybridized carbons (Fsp3) is 0.647. The van der Waals surface area contributed by atoms with Gasteiger partial charge in [0.25, 0.3) is 0 Å². The summed E-state index contributed by atoms with van der Waals surface area (Å²) in [5, 5.41) is 3.73. The number of hydrogen-bond acceptors (Lipinski definition) is 2. The van der Waals surface area contributed by atoms with Gasteiger partial charge in [-0.2, -0.15) is 0 Å². The Balaban J connectivity index is 1.93. The Morgan fingerprint density at radius 2 is 2.15 bits per heavy atom. The van der Waals surface area contributed by atoms with E-state index in [0.29, 0.717) is 6.04 Å². The Morgan fingerprint density at radius 3 is 2.80 bits per heavy atom. The molecule has 0 bridgehead atoms. The third-order valence-corrected chi connectivity index (χ3v) is 5.26. The monoisotopic (exact) mass is 337 g/mol. The maximum Gasteiger partial charge on any atom is 0.125 e.